The van der Waals surface area contributed by atoms with Gasteiger partial charge in [-0.3, -0.25) is 0 Å². The van der Waals surface area contributed by atoms with E-state index >= 15 is 0 Å². The minimum absolute atomic E-state index is 0.0588. The molecule has 0 rings (SSSR count). The van der Waals surface area contributed by atoms with E-state index in [1.807, 2.05) is 13.8 Å². The summed E-state index contributed by atoms with van der Waals surface area (Å²) in [6, 6.07) is -1.14. The molecule has 3 N–H and O–H groups in total. The Morgan fingerprint density at radius 2 is 1.67 bits per heavy atom. The standard InChI is InChI=1S/C13H26N2O3/c1-5-6-11(12(16)17)15-13(18)14-10(4)8-7-9(2)3/h9-11H,5-8H2,1-4H3,(H,16,17)(H2,14,15,18)/t10?,11-/m1/s1. The van der Waals surface area contributed by atoms with Crippen molar-refractivity contribution in [3.8, 4) is 0 Å². The molecule has 0 heterocycles. The first-order valence-corrected chi connectivity index (χ1v) is 6.66. The predicted octanol–water partition coefficient (Wildman–Crippen LogP) is 2.36. The highest BCUT2D eigenvalue weighted by molar-refractivity contribution is 5.82. The van der Waals surface area contributed by atoms with Gasteiger partial charge in [0.1, 0.15) is 6.04 Å². The van der Waals surface area contributed by atoms with Crippen molar-refractivity contribution < 1.29 is 14.7 Å². The minimum atomic E-state index is -0.984. The van der Waals surface area contributed by atoms with Gasteiger partial charge in [0.15, 0.2) is 0 Å². The van der Waals surface area contributed by atoms with E-state index in [-0.39, 0.29) is 6.04 Å². The molecule has 1 unspecified atom stereocenters. The lowest BCUT2D eigenvalue weighted by atomic mass is 10.0. The highest BCUT2D eigenvalue weighted by Crippen LogP contribution is 2.06. The van der Waals surface area contributed by atoms with Crippen LogP contribution in [0.5, 0.6) is 0 Å². The van der Waals surface area contributed by atoms with Gasteiger partial charge in [-0.15, -0.1) is 0 Å². The fourth-order valence-corrected chi connectivity index (χ4v) is 1.63. The van der Waals surface area contributed by atoms with Gasteiger partial charge in [-0.05, 0) is 32.1 Å². The number of urea groups is 1. The van der Waals surface area contributed by atoms with Crippen LogP contribution in [0.2, 0.25) is 0 Å². The second-order valence-corrected chi connectivity index (χ2v) is 5.17. The number of rotatable bonds is 8. The van der Waals surface area contributed by atoms with Crippen molar-refractivity contribution in [1.29, 1.82) is 0 Å². The average Bonchev–Trinajstić information content (AvgIpc) is 2.25. The number of nitrogens with one attached hydrogen (secondary N) is 2. The zero-order chi connectivity index (χ0) is 14.1. The SMILES string of the molecule is CCC[C@@H](NC(=O)NC(C)CCC(C)C)C(=O)O. The molecule has 5 nitrogen and oxygen atoms in total. The summed E-state index contributed by atoms with van der Waals surface area (Å²) in [4.78, 5) is 22.5. The van der Waals surface area contributed by atoms with E-state index in [1.54, 1.807) is 0 Å². The van der Waals surface area contributed by atoms with E-state index in [4.69, 9.17) is 5.11 Å². The van der Waals surface area contributed by atoms with Crippen molar-refractivity contribution in [2.75, 3.05) is 0 Å². The molecule has 0 spiro atoms. The number of hydrogen-bond donors (Lipinski definition) is 3. The zero-order valence-corrected chi connectivity index (χ0v) is 11.8. The molecule has 0 fully saturated rings. The number of carboxylic acid groups (broad SMARTS) is 1. The smallest absolute Gasteiger partial charge is 0.326 e. The van der Waals surface area contributed by atoms with Gasteiger partial charge in [0, 0.05) is 6.04 Å². The van der Waals surface area contributed by atoms with Crippen LogP contribution in [0.4, 0.5) is 4.79 Å². The second kappa shape index (κ2) is 8.78. The molecule has 0 radical (unpaired) electrons. The number of carboxylic acids is 1. The van der Waals surface area contributed by atoms with Gasteiger partial charge >= 0.3 is 12.0 Å². The molecule has 0 aliphatic carbocycles. The van der Waals surface area contributed by atoms with Gasteiger partial charge in [-0.25, -0.2) is 9.59 Å². The molecule has 0 saturated heterocycles. The van der Waals surface area contributed by atoms with E-state index in [9.17, 15) is 9.59 Å². The monoisotopic (exact) mass is 258 g/mol. The van der Waals surface area contributed by atoms with Crippen LogP contribution in [0.1, 0.15) is 53.4 Å². The normalized spacial score (nSPS) is 14.1. The predicted molar refractivity (Wildman–Crippen MR) is 71.5 cm³/mol. The number of amides is 2. The molecule has 5 heteroatoms. The molecule has 0 aromatic heterocycles. The van der Waals surface area contributed by atoms with E-state index in [2.05, 4.69) is 24.5 Å². The van der Waals surface area contributed by atoms with E-state index in [0.717, 1.165) is 19.3 Å². The van der Waals surface area contributed by atoms with Crippen LogP contribution in [-0.2, 0) is 4.79 Å². The van der Waals surface area contributed by atoms with Crippen LogP contribution in [-0.4, -0.2) is 29.2 Å². The molecular weight excluding hydrogens is 232 g/mol. The molecule has 0 bridgehead atoms. The van der Waals surface area contributed by atoms with E-state index in [0.29, 0.717) is 12.3 Å². The zero-order valence-electron chi connectivity index (χ0n) is 11.8. The molecular formula is C13H26N2O3. The van der Waals surface area contributed by atoms with Gasteiger partial charge in [0.2, 0.25) is 0 Å². The van der Waals surface area contributed by atoms with Gasteiger partial charge in [-0.2, -0.15) is 0 Å². The van der Waals surface area contributed by atoms with Gasteiger partial charge < -0.3 is 15.7 Å². The first-order chi connectivity index (χ1) is 8.36. The Labute approximate surface area is 109 Å². The Morgan fingerprint density at radius 3 is 2.11 bits per heavy atom. The molecule has 0 saturated carbocycles. The quantitative estimate of drug-likeness (QED) is 0.625. The van der Waals surface area contributed by atoms with Crippen molar-refractivity contribution in [3.63, 3.8) is 0 Å². The maximum Gasteiger partial charge on any atom is 0.326 e. The Bertz CT molecular complexity index is 267. The van der Waals surface area contributed by atoms with Gasteiger partial charge in [0.05, 0.1) is 0 Å². The van der Waals surface area contributed by atoms with E-state index < -0.39 is 18.0 Å². The Hall–Kier alpha value is -1.26. The lowest BCUT2D eigenvalue weighted by Gasteiger charge is -2.18. The largest absolute Gasteiger partial charge is 0.480 e. The summed E-state index contributed by atoms with van der Waals surface area (Å²) < 4.78 is 0. The van der Waals surface area contributed by atoms with Crippen molar-refractivity contribution >= 4 is 12.0 Å². The number of aliphatic carboxylic acids is 1. The fourth-order valence-electron chi connectivity index (χ4n) is 1.63. The van der Waals surface area contributed by atoms with Crippen molar-refractivity contribution in [2.45, 2.75) is 65.5 Å². The second-order valence-electron chi connectivity index (χ2n) is 5.17. The number of carbonyl (C=O) groups is 2. The topological polar surface area (TPSA) is 78.4 Å². The minimum Gasteiger partial charge on any atom is -0.480 e. The van der Waals surface area contributed by atoms with Crippen LogP contribution in [0.15, 0.2) is 0 Å². The lowest BCUT2D eigenvalue weighted by molar-refractivity contribution is -0.139. The summed E-state index contributed by atoms with van der Waals surface area (Å²) in [5.41, 5.74) is 0. The van der Waals surface area contributed by atoms with Crippen LogP contribution in [0, 0.1) is 5.92 Å². The molecule has 0 aliphatic rings. The number of carbonyl (C=O) groups excluding carboxylic acids is 1. The number of hydrogen-bond acceptors (Lipinski definition) is 2. The van der Waals surface area contributed by atoms with Crippen LogP contribution < -0.4 is 10.6 Å². The van der Waals surface area contributed by atoms with E-state index in [1.165, 1.54) is 0 Å². The molecule has 106 valence electrons. The third kappa shape index (κ3) is 7.92. The first kappa shape index (κ1) is 16.7. The van der Waals surface area contributed by atoms with Crippen molar-refractivity contribution in [2.24, 2.45) is 5.92 Å². The molecule has 0 aliphatic heterocycles. The van der Waals surface area contributed by atoms with Gasteiger partial charge in [-0.1, -0.05) is 27.2 Å². The molecule has 18 heavy (non-hydrogen) atoms. The van der Waals surface area contributed by atoms with Crippen LogP contribution in [0.3, 0.4) is 0 Å². The molecule has 0 aromatic carbocycles. The molecule has 0 aromatic rings. The van der Waals surface area contributed by atoms with Gasteiger partial charge in [0.25, 0.3) is 0 Å². The van der Waals surface area contributed by atoms with Crippen LogP contribution in [0.25, 0.3) is 0 Å². The highest BCUT2D eigenvalue weighted by atomic mass is 16.4. The summed E-state index contributed by atoms with van der Waals surface area (Å²) in [6.07, 6.45) is 3.11. The summed E-state index contributed by atoms with van der Waals surface area (Å²) in [5, 5.41) is 14.2. The summed E-state index contributed by atoms with van der Waals surface area (Å²) in [6.45, 7) is 8.08. The van der Waals surface area contributed by atoms with Crippen molar-refractivity contribution in [1.82, 2.24) is 10.6 Å². The molecule has 2 atom stereocenters. The maximum atomic E-state index is 11.6. The third-order valence-corrected chi connectivity index (χ3v) is 2.74. The third-order valence-electron chi connectivity index (χ3n) is 2.74. The average molecular weight is 258 g/mol. The Kier molecular flexibility index (Phi) is 8.16. The van der Waals surface area contributed by atoms with Crippen molar-refractivity contribution in [3.05, 3.63) is 0 Å². The Balaban J connectivity index is 4.03. The lowest BCUT2D eigenvalue weighted by Crippen LogP contribution is -2.48. The summed E-state index contributed by atoms with van der Waals surface area (Å²) in [5.74, 6) is -0.383. The first-order valence-electron chi connectivity index (χ1n) is 6.66. The molecule has 2 amide bonds. The summed E-state index contributed by atoms with van der Waals surface area (Å²) in [7, 11) is 0. The summed E-state index contributed by atoms with van der Waals surface area (Å²) >= 11 is 0. The Morgan fingerprint density at radius 1 is 1.06 bits per heavy atom. The fraction of sp³-hybridized carbons (Fsp3) is 0.846. The highest BCUT2D eigenvalue weighted by Gasteiger charge is 2.19. The van der Waals surface area contributed by atoms with Crippen LogP contribution >= 0.6 is 0 Å². The maximum absolute atomic E-state index is 11.6.